The number of aliphatic hydroxyl groups is 3. The highest BCUT2D eigenvalue weighted by atomic mass is 16.5. The fraction of sp³-hybridized carbons (Fsp3) is 0.895. The molecule has 0 saturated carbocycles. The summed E-state index contributed by atoms with van der Waals surface area (Å²) in [6.45, 7) is 3.03. The Morgan fingerprint density at radius 1 is 1.04 bits per heavy atom. The van der Waals surface area contributed by atoms with Crippen molar-refractivity contribution in [1.82, 2.24) is 0 Å². The Balaban J connectivity index is 1.87. The van der Waals surface area contributed by atoms with Gasteiger partial charge in [-0.05, 0) is 32.1 Å². The molecule has 0 bridgehead atoms. The molecule has 5 nitrogen and oxygen atoms in total. The third kappa shape index (κ3) is 9.14. The van der Waals surface area contributed by atoms with E-state index in [1.54, 1.807) is 0 Å². The van der Waals surface area contributed by atoms with Gasteiger partial charge in [-0.15, -0.1) is 0 Å². The first-order chi connectivity index (χ1) is 11.7. The van der Waals surface area contributed by atoms with Gasteiger partial charge >= 0.3 is 0 Å². The minimum Gasteiger partial charge on any atom is -0.388 e. The SMILES string of the molecule is CCCCCC/C=C/CCCCCOC[C@H](O)[C@@H]1OC[C@@H](O)[C@@H]1O. The number of rotatable bonds is 14. The van der Waals surface area contributed by atoms with Crippen LogP contribution in [-0.4, -0.2) is 59.6 Å². The summed E-state index contributed by atoms with van der Waals surface area (Å²) in [5, 5.41) is 28.9. The molecule has 0 aromatic carbocycles. The van der Waals surface area contributed by atoms with Gasteiger partial charge in [0.2, 0.25) is 0 Å². The predicted molar refractivity (Wildman–Crippen MR) is 94.9 cm³/mol. The van der Waals surface area contributed by atoms with E-state index in [1.807, 2.05) is 0 Å². The number of ether oxygens (including phenoxy) is 2. The first kappa shape index (κ1) is 21.6. The zero-order valence-corrected chi connectivity index (χ0v) is 15.1. The van der Waals surface area contributed by atoms with Gasteiger partial charge in [0.05, 0.1) is 13.2 Å². The highest BCUT2D eigenvalue weighted by molar-refractivity contribution is 4.87. The van der Waals surface area contributed by atoms with E-state index >= 15 is 0 Å². The van der Waals surface area contributed by atoms with Crippen molar-refractivity contribution in [1.29, 1.82) is 0 Å². The van der Waals surface area contributed by atoms with E-state index in [1.165, 1.54) is 32.1 Å². The molecule has 0 radical (unpaired) electrons. The van der Waals surface area contributed by atoms with E-state index in [2.05, 4.69) is 19.1 Å². The number of allylic oxidation sites excluding steroid dienone is 2. The molecule has 0 unspecified atom stereocenters. The standard InChI is InChI=1S/C19H36O5/c1-2-3-4-5-6-7-8-9-10-11-12-13-23-14-17(21)19-18(22)16(20)15-24-19/h7-8,16-22H,2-6,9-15H2,1H3/b8-7+/t16-,17+,18+,19+/m1/s1. The largest absolute Gasteiger partial charge is 0.388 e. The summed E-state index contributed by atoms with van der Waals surface area (Å²) in [5.41, 5.74) is 0. The van der Waals surface area contributed by atoms with Crippen LogP contribution in [0, 0.1) is 0 Å². The van der Waals surface area contributed by atoms with Crippen LogP contribution in [0.3, 0.4) is 0 Å². The maximum absolute atomic E-state index is 9.88. The molecule has 0 spiro atoms. The van der Waals surface area contributed by atoms with Crippen molar-refractivity contribution < 1.29 is 24.8 Å². The molecule has 1 fully saturated rings. The lowest BCUT2D eigenvalue weighted by molar-refractivity contribution is -0.0813. The number of unbranched alkanes of at least 4 members (excludes halogenated alkanes) is 7. The molecule has 4 atom stereocenters. The Morgan fingerprint density at radius 3 is 2.29 bits per heavy atom. The lowest BCUT2D eigenvalue weighted by atomic mass is 10.1. The van der Waals surface area contributed by atoms with E-state index in [4.69, 9.17) is 9.47 Å². The van der Waals surface area contributed by atoms with Crippen molar-refractivity contribution in [2.24, 2.45) is 0 Å². The van der Waals surface area contributed by atoms with E-state index in [9.17, 15) is 15.3 Å². The second-order valence-corrected chi connectivity index (χ2v) is 6.67. The minimum absolute atomic E-state index is 0.0645. The molecule has 3 N–H and O–H groups in total. The van der Waals surface area contributed by atoms with Crippen LogP contribution in [0.4, 0.5) is 0 Å². The maximum Gasteiger partial charge on any atom is 0.114 e. The van der Waals surface area contributed by atoms with Gasteiger partial charge in [-0.1, -0.05) is 44.8 Å². The van der Waals surface area contributed by atoms with E-state index in [0.717, 1.165) is 25.7 Å². The Labute approximate surface area is 146 Å². The van der Waals surface area contributed by atoms with Crippen LogP contribution >= 0.6 is 0 Å². The molecule has 5 heteroatoms. The van der Waals surface area contributed by atoms with Gasteiger partial charge in [0.1, 0.15) is 24.4 Å². The van der Waals surface area contributed by atoms with E-state index in [0.29, 0.717) is 6.61 Å². The van der Waals surface area contributed by atoms with Gasteiger partial charge in [0, 0.05) is 6.61 Å². The fourth-order valence-corrected chi connectivity index (χ4v) is 2.83. The number of hydrogen-bond donors (Lipinski definition) is 3. The van der Waals surface area contributed by atoms with Crippen molar-refractivity contribution in [3.8, 4) is 0 Å². The average molecular weight is 344 g/mol. The summed E-state index contributed by atoms with van der Waals surface area (Å²) in [6, 6.07) is 0. The van der Waals surface area contributed by atoms with Crippen LogP contribution < -0.4 is 0 Å². The Morgan fingerprint density at radius 2 is 1.71 bits per heavy atom. The third-order valence-corrected chi connectivity index (χ3v) is 4.41. The zero-order valence-electron chi connectivity index (χ0n) is 15.1. The van der Waals surface area contributed by atoms with Gasteiger partial charge in [0.15, 0.2) is 0 Å². The third-order valence-electron chi connectivity index (χ3n) is 4.41. The molecule has 24 heavy (non-hydrogen) atoms. The first-order valence-corrected chi connectivity index (χ1v) is 9.55. The van der Waals surface area contributed by atoms with Crippen molar-refractivity contribution >= 4 is 0 Å². The van der Waals surface area contributed by atoms with Crippen LogP contribution in [0.2, 0.25) is 0 Å². The zero-order chi connectivity index (χ0) is 17.6. The Kier molecular flexibility index (Phi) is 12.4. The topological polar surface area (TPSA) is 79.2 Å². The van der Waals surface area contributed by atoms with Crippen molar-refractivity contribution in [2.45, 2.75) is 89.1 Å². The number of hydrogen-bond acceptors (Lipinski definition) is 5. The highest BCUT2D eigenvalue weighted by Gasteiger charge is 2.39. The molecule has 1 aliphatic rings. The second kappa shape index (κ2) is 13.8. The molecule has 0 aromatic heterocycles. The average Bonchev–Trinajstić information content (AvgIpc) is 2.91. The van der Waals surface area contributed by atoms with E-state index in [-0.39, 0.29) is 13.2 Å². The molecular formula is C19H36O5. The van der Waals surface area contributed by atoms with Crippen LogP contribution in [-0.2, 0) is 9.47 Å². The molecule has 0 aromatic rings. The van der Waals surface area contributed by atoms with Crippen molar-refractivity contribution in [3.05, 3.63) is 12.2 Å². The molecule has 1 rings (SSSR count). The normalized spacial score (nSPS) is 25.6. The summed E-state index contributed by atoms with van der Waals surface area (Å²) in [4.78, 5) is 0. The maximum atomic E-state index is 9.88. The van der Waals surface area contributed by atoms with E-state index < -0.39 is 24.4 Å². The highest BCUT2D eigenvalue weighted by Crippen LogP contribution is 2.17. The summed E-state index contributed by atoms with van der Waals surface area (Å²) in [6.07, 6.45) is 11.8. The minimum atomic E-state index is -1.03. The quantitative estimate of drug-likeness (QED) is 0.333. The predicted octanol–water partition coefficient (Wildman–Crippen LogP) is 2.57. The smallest absolute Gasteiger partial charge is 0.114 e. The van der Waals surface area contributed by atoms with Crippen molar-refractivity contribution in [3.63, 3.8) is 0 Å². The molecule has 1 heterocycles. The summed E-state index contributed by atoms with van der Waals surface area (Å²) in [7, 11) is 0. The van der Waals surface area contributed by atoms with Crippen LogP contribution in [0.15, 0.2) is 12.2 Å². The van der Waals surface area contributed by atoms with Crippen LogP contribution in [0.5, 0.6) is 0 Å². The van der Waals surface area contributed by atoms with Crippen molar-refractivity contribution in [2.75, 3.05) is 19.8 Å². The molecular weight excluding hydrogens is 308 g/mol. The van der Waals surface area contributed by atoms with Gasteiger partial charge in [-0.25, -0.2) is 0 Å². The summed E-state index contributed by atoms with van der Waals surface area (Å²) < 4.78 is 10.6. The van der Waals surface area contributed by atoms with Gasteiger partial charge in [-0.3, -0.25) is 0 Å². The number of aliphatic hydroxyl groups excluding tert-OH is 3. The van der Waals surface area contributed by atoms with Crippen LogP contribution in [0.25, 0.3) is 0 Å². The molecule has 1 saturated heterocycles. The lowest BCUT2D eigenvalue weighted by Crippen LogP contribution is -2.40. The molecule has 0 aliphatic carbocycles. The molecule has 142 valence electrons. The van der Waals surface area contributed by atoms with Crippen LogP contribution in [0.1, 0.15) is 64.7 Å². The lowest BCUT2D eigenvalue weighted by Gasteiger charge is -2.20. The van der Waals surface area contributed by atoms with Gasteiger partial charge in [-0.2, -0.15) is 0 Å². The molecule has 0 amide bonds. The van der Waals surface area contributed by atoms with Gasteiger partial charge in [0.25, 0.3) is 0 Å². The first-order valence-electron chi connectivity index (χ1n) is 9.55. The Bertz CT molecular complexity index is 321. The monoisotopic (exact) mass is 344 g/mol. The molecule has 1 aliphatic heterocycles. The summed E-state index contributed by atoms with van der Waals surface area (Å²) in [5.74, 6) is 0. The Hall–Kier alpha value is -0.460. The van der Waals surface area contributed by atoms with Gasteiger partial charge < -0.3 is 24.8 Å². The fourth-order valence-electron chi connectivity index (χ4n) is 2.83. The second-order valence-electron chi connectivity index (χ2n) is 6.67. The summed E-state index contributed by atoms with van der Waals surface area (Å²) >= 11 is 0.